The van der Waals surface area contributed by atoms with Gasteiger partial charge < -0.3 is 21.3 Å². The molecule has 1 aromatic carbocycles. The van der Waals surface area contributed by atoms with Crippen LogP contribution < -0.4 is 16.4 Å². The summed E-state index contributed by atoms with van der Waals surface area (Å²) in [6.45, 7) is 2.29. The first-order valence-corrected chi connectivity index (χ1v) is 10.1. The lowest BCUT2D eigenvalue weighted by Crippen LogP contribution is -2.51. The van der Waals surface area contributed by atoms with Crippen LogP contribution in [-0.2, 0) is 22.3 Å². The van der Waals surface area contributed by atoms with E-state index in [1.54, 1.807) is 4.90 Å². The summed E-state index contributed by atoms with van der Waals surface area (Å²) >= 11 is 0. The Morgan fingerprint density at radius 1 is 1.33 bits per heavy atom. The maximum atomic E-state index is 12.9. The number of nitrogens with zero attached hydrogens (tertiary/aromatic N) is 3. The second-order valence-electron chi connectivity index (χ2n) is 8.02. The van der Waals surface area contributed by atoms with Gasteiger partial charge in [-0.2, -0.15) is 18.3 Å². The van der Waals surface area contributed by atoms with Gasteiger partial charge in [-0.15, -0.1) is 0 Å². The van der Waals surface area contributed by atoms with Gasteiger partial charge in [0.2, 0.25) is 0 Å². The number of nitrogens with two attached hydrogens (primary N) is 1. The van der Waals surface area contributed by atoms with E-state index >= 15 is 0 Å². The van der Waals surface area contributed by atoms with Crippen molar-refractivity contribution in [2.45, 2.75) is 19.6 Å². The molecule has 174 valence electrons. The van der Waals surface area contributed by atoms with E-state index in [1.165, 1.54) is 29.2 Å². The summed E-state index contributed by atoms with van der Waals surface area (Å²) in [6.07, 6.45) is -1.86. The fourth-order valence-electron chi connectivity index (χ4n) is 3.60. The first kappa shape index (κ1) is 22.4. The van der Waals surface area contributed by atoms with Gasteiger partial charge in [0.15, 0.2) is 0 Å². The average molecular weight is 462 g/mol. The summed E-state index contributed by atoms with van der Waals surface area (Å²) in [5, 5.41) is 9.07. The van der Waals surface area contributed by atoms with Crippen molar-refractivity contribution in [3.63, 3.8) is 0 Å². The van der Waals surface area contributed by atoms with Crippen molar-refractivity contribution in [2.24, 2.45) is 17.6 Å². The van der Waals surface area contributed by atoms with Crippen LogP contribution in [0.4, 0.5) is 13.2 Å². The van der Waals surface area contributed by atoms with Gasteiger partial charge in [0.05, 0.1) is 30.5 Å². The molecule has 1 aromatic heterocycles. The second-order valence-corrected chi connectivity index (χ2v) is 8.02. The Kier molecular flexibility index (Phi) is 5.60. The van der Waals surface area contributed by atoms with Gasteiger partial charge in [-0.25, -0.2) is 0 Å². The summed E-state index contributed by atoms with van der Waals surface area (Å²) in [4.78, 5) is 38.1. The summed E-state index contributed by atoms with van der Waals surface area (Å²) < 4.78 is 40.0. The molecular weight excluding hydrogens is 441 g/mol. The number of amides is 2. The lowest BCUT2D eigenvalue weighted by Gasteiger charge is -2.31. The number of hydrogen-bond donors (Lipinski definition) is 3. The highest BCUT2D eigenvalue weighted by atomic mass is 19.4. The standard InChI is InChI=1S/C21H21F3N6O3/c1-11-15(17(11)31)9-29-10-26-20(33)16(18(29)25)28-19(32)13-6-27-30(8-13)7-12-3-2-4-14(5-12)21(22,23)24/h2-6,8,11,15H,7,9-10,25H2,1H3,(H,26,33)(H,28,32). The number of Topliss-reactive ketones (excluding diaryl/α,β-unsaturated/α-hetero) is 1. The smallest absolute Gasteiger partial charge is 0.383 e. The van der Waals surface area contributed by atoms with Crippen LogP contribution in [0.25, 0.3) is 0 Å². The lowest BCUT2D eigenvalue weighted by molar-refractivity contribution is -0.137. The van der Waals surface area contributed by atoms with Crippen molar-refractivity contribution < 1.29 is 27.6 Å². The Bertz CT molecular complexity index is 1160. The fourth-order valence-corrected chi connectivity index (χ4v) is 3.60. The lowest BCUT2D eigenvalue weighted by atomic mass is 10.1. The Balaban J connectivity index is 1.45. The molecule has 2 atom stereocenters. The number of ketones is 1. The molecule has 2 heterocycles. The molecule has 2 aromatic rings. The minimum atomic E-state index is -4.46. The molecule has 2 aliphatic rings. The predicted molar refractivity (Wildman–Crippen MR) is 109 cm³/mol. The molecule has 9 nitrogen and oxygen atoms in total. The highest BCUT2D eigenvalue weighted by Gasteiger charge is 2.46. The molecule has 0 radical (unpaired) electrons. The van der Waals surface area contributed by atoms with Crippen molar-refractivity contribution in [1.82, 2.24) is 25.3 Å². The predicted octanol–water partition coefficient (Wildman–Crippen LogP) is 1.03. The molecule has 2 unspecified atom stereocenters. The van der Waals surface area contributed by atoms with Gasteiger partial charge in [0.25, 0.3) is 11.8 Å². The topological polar surface area (TPSA) is 122 Å². The van der Waals surface area contributed by atoms with Gasteiger partial charge in [-0.1, -0.05) is 19.1 Å². The zero-order chi connectivity index (χ0) is 23.9. The number of carbonyl (C=O) groups excluding carboxylic acids is 3. The van der Waals surface area contributed by atoms with Crippen molar-refractivity contribution >= 4 is 17.6 Å². The van der Waals surface area contributed by atoms with Crippen molar-refractivity contribution in [1.29, 1.82) is 0 Å². The molecule has 2 amide bonds. The third-order valence-corrected chi connectivity index (χ3v) is 5.71. The molecule has 1 aliphatic carbocycles. The maximum Gasteiger partial charge on any atom is 0.416 e. The highest BCUT2D eigenvalue weighted by Crippen LogP contribution is 2.34. The fraction of sp³-hybridized carbons (Fsp3) is 0.333. The summed E-state index contributed by atoms with van der Waals surface area (Å²) in [6, 6.07) is 4.81. The van der Waals surface area contributed by atoms with Crippen LogP contribution >= 0.6 is 0 Å². The van der Waals surface area contributed by atoms with E-state index in [2.05, 4.69) is 15.7 Å². The highest BCUT2D eigenvalue weighted by molar-refractivity contribution is 6.03. The zero-order valence-corrected chi connectivity index (χ0v) is 17.5. The number of halogens is 3. The van der Waals surface area contributed by atoms with Crippen molar-refractivity contribution in [3.05, 3.63) is 64.9 Å². The van der Waals surface area contributed by atoms with Gasteiger partial charge >= 0.3 is 6.18 Å². The van der Waals surface area contributed by atoms with Crippen LogP contribution in [0.15, 0.2) is 48.2 Å². The van der Waals surface area contributed by atoms with E-state index in [0.717, 1.165) is 12.1 Å². The van der Waals surface area contributed by atoms with Crippen LogP contribution in [0.2, 0.25) is 0 Å². The van der Waals surface area contributed by atoms with Crippen LogP contribution in [0.3, 0.4) is 0 Å². The molecule has 33 heavy (non-hydrogen) atoms. The van der Waals surface area contributed by atoms with E-state index < -0.39 is 23.6 Å². The molecular formula is C21H21F3N6O3. The first-order chi connectivity index (χ1) is 15.5. The number of benzene rings is 1. The van der Waals surface area contributed by atoms with Crippen molar-refractivity contribution in [2.75, 3.05) is 13.2 Å². The molecule has 12 heteroatoms. The Hall–Kier alpha value is -3.83. The largest absolute Gasteiger partial charge is 0.416 e. The maximum absolute atomic E-state index is 12.9. The Morgan fingerprint density at radius 2 is 2.06 bits per heavy atom. The van der Waals surface area contributed by atoms with E-state index in [4.69, 9.17) is 5.73 Å². The molecule has 1 aliphatic heterocycles. The molecule has 4 rings (SSSR count). The van der Waals surface area contributed by atoms with Crippen LogP contribution in [0.5, 0.6) is 0 Å². The third-order valence-electron chi connectivity index (χ3n) is 5.71. The number of nitrogens with one attached hydrogen (secondary N) is 2. The van der Waals surface area contributed by atoms with E-state index in [0.29, 0.717) is 12.1 Å². The molecule has 4 N–H and O–H groups in total. The van der Waals surface area contributed by atoms with E-state index in [-0.39, 0.29) is 47.9 Å². The zero-order valence-electron chi connectivity index (χ0n) is 17.5. The van der Waals surface area contributed by atoms with Crippen LogP contribution in [0.1, 0.15) is 28.4 Å². The number of rotatable bonds is 6. The molecule has 1 saturated carbocycles. The van der Waals surface area contributed by atoms with Gasteiger partial charge in [0, 0.05) is 24.6 Å². The number of aromatic nitrogens is 2. The Labute approximate surface area is 186 Å². The average Bonchev–Trinajstić information content (AvgIpc) is 3.13. The normalized spacial score (nSPS) is 20.7. The number of hydrogen-bond acceptors (Lipinski definition) is 6. The molecule has 0 bridgehead atoms. The minimum absolute atomic E-state index is 0.0178. The van der Waals surface area contributed by atoms with E-state index in [9.17, 15) is 27.6 Å². The van der Waals surface area contributed by atoms with Crippen LogP contribution in [-0.4, -0.2) is 45.5 Å². The Morgan fingerprint density at radius 3 is 2.73 bits per heavy atom. The molecule has 1 fully saturated rings. The SMILES string of the molecule is CC1C(=O)C1CN1CNC(=O)C(NC(=O)c2cnn(Cc3cccc(C(F)(F)F)c3)c2)=C1N. The monoisotopic (exact) mass is 462 g/mol. The number of carbonyl (C=O) groups is 3. The van der Waals surface area contributed by atoms with Crippen LogP contribution in [0, 0.1) is 11.8 Å². The van der Waals surface area contributed by atoms with Gasteiger partial charge in [-0.3, -0.25) is 19.1 Å². The van der Waals surface area contributed by atoms with E-state index in [1.807, 2.05) is 6.92 Å². The second kappa shape index (κ2) is 8.26. The summed E-state index contributed by atoms with van der Waals surface area (Å²) in [7, 11) is 0. The first-order valence-electron chi connectivity index (χ1n) is 10.1. The summed E-state index contributed by atoms with van der Waals surface area (Å²) in [5.41, 5.74) is 5.61. The third kappa shape index (κ3) is 4.69. The summed E-state index contributed by atoms with van der Waals surface area (Å²) in [5.74, 6) is -1.27. The van der Waals surface area contributed by atoms with Gasteiger partial charge in [-0.05, 0) is 17.7 Å². The molecule has 0 saturated heterocycles. The molecule has 0 spiro atoms. The van der Waals surface area contributed by atoms with Gasteiger partial charge in [0.1, 0.15) is 17.3 Å². The minimum Gasteiger partial charge on any atom is -0.383 e. The van der Waals surface area contributed by atoms with Crippen molar-refractivity contribution in [3.8, 4) is 0 Å². The number of alkyl halides is 3. The quantitative estimate of drug-likeness (QED) is 0.590.